The molecule has 2 N–H and O–H groups in total. The van der Waals surface area contributed by atoms with Crippen LogP contribution in [0.4, 0.5) is 0 Å². The number of carbonyl (C=O) groups excluding carboxylic acids is 1. The van der Waals surface area contributed by atoms with Crippen LogP contribution in [-0.2, 0) is 4.74 Å². The molecule has 1 saturated heterocycles. The van der Waals surface area contributed by atoms with E-state index >= 15 is 0 Å². The summed E-state index contributed by atoms with van der Waals surface area (Å²) in [6.45, 7) is 0.520. The fourth-order valence-electron chi connectivity index (χ4n) is 2.67. The van der Waals surface area contributed by atoms with Crippen molar-refractivity contribution in [2.75, 3.05) is 6.61 Å². The topological polar surface area (TPSA) is 101 Å². The number of aromatic nitrogens is 2. The number of nitrogens with zero attached hydrogens (tertiary/aromatic N) is 2. The van der Waals surface area contributed by atoms with Gasteiger partial charge in [-0.05, 0) is 25.7 Å². The molecule has 1 amide bonds. The Morgan fingerprint density at radius 1 is 1.30 bits per heavy atom. The lowest BCUT2D eigenvalue weighted by molar-refractivity contribution is -0.0563. The third-order valence-electron chi connectivity index (χ3n) is 3.91. The molecule has 106 valence electrons. The molecular formula is C13H15N3O4. The summed E-state index contributed by atoms with van der Waals surface area (Å²) in [5, 5.41) is 11.6. The number of rotatable bonds is 3. The Bertz CT molecular complexity index is 539. The Balaban J connectivity index is 1.60. The van der Waals surface area contributed by atoms with Gasteiger partial charge in [0.1, 0.15) is 5.69 Å². The highest BCUT2D eigenvalue weighted by Crippen LogP contribution is 2.43. The highest BCUT2D eigenvalue weighted by atomic mass is 16.5. The van der Waals surface area contributed by atoms with Crippen molar-refractivity contribution in [1.29, 1.82) is 0 Å². The summed E-state index contributed by atoms with van der Waals surface area (Å²) in [7, 11) is 0. The number of ether oxygens (including phenoxy) is 1. The fraction of sp³-hybridized carbons (Fsp3) is 0.538. The van der Waals surface area contributed by atoms with Gasteiger partial charge < -0.3 is 15.2 Å². The molecule has 0 radical (unpaired) electrons. The van der Waals surface area contributed by atoms with Crippen molar-refractivity contribution in [3.05, 3.63) is 23.8 Å². The molecule has 0 bridgehead atoms. The quantitative estimate of drug-likeness (QED) is 0.839. The molecule has 0 aromatic carbocycles. The van der Waals surface area contributed by atoms with Gasteiger partial charge in [0, 0.05) is 0 Å². The van der Waals surface area contributed by atoms with Crippen molar-refractivity contribution in [3.63, 3.8) is 0 Å². The van der Waals surface area contributed by atoms with Gasteiger partial charge in [0.2, 0.25) is 0 Å². The minimum atomic E-state index is -1.17. The lowest BCUT2D eigenvalue weighted by Gasteiger charge is -2.37. The van der Waals surface area contributed by atoms with Crippen LogP contribution in [0.15, 0.2) is 12.4 Å². The second kappa shape index (κ2) is 4.82. The first-order chi connectivity index (χ1) is 9.58. The van der Waals surface area contributed by atoms with Crippen LogP contribution in [0, 0.1) is 0 Å². The molecule has 1 aliphatic carbocycles. The molecule has 7 nitrogen and oxygen atoms in total. The van der Waals surface area contributed by atoms with E-state index in [1.165, 1.54) is 12.6 Å². The summed E-state index contributed by atoms with van der Waals surface area (Å²) in [5.74, 6) is -1.51. The summed E-state index contributed by atoms with van der Waals surface area (Å²) in [5.41, 5.74) is -0.0831. The van der Waals surface area contributed by atoms with Gasteiger partial charge in [-0.15, -0.1) is 0 Å². The Morgan fingerprint density at radius 3 is 2.50 bits per heavy atom. The van der Waals surface area contributed by atoms with E-state index in [-0.39, 0.29) is 28.9 Å². The predicted octanol–water partition coefficient (Wildman–Crippen LogP) is 0.616. The smallest absolute Gasteiger partial charge is 0.356 e. The molecule has 1 aromatic heterocycles. The van der Waals surface area contributed by atoms with Crippen LogP contribution in [-0.4, -0.2) is 45.2 Å². The third-order valence-corrected chi connectivity index (χ3v) is 3.91. The van der Waals surface area contributed by atoms with Crippen LogP contribution >= 0.6 is 0 Å². The summed E-state index contributed by atoms with van der Waals surface area (Å²) in [6.07, 6.45) is 6.39. The largest absolute Gasteiger partial charge is 0.476 e. The summed E-state index contributed by atoms with van der Waals surface area (Å²) in [6, 6.07) is -0.0104. The van der Waals surface area contributed by atoms with Crippen molar-refractivity contribution >= 4 is 11.9 Å². The zero-order valence-electron chi connectivity index (χ0n) is 10.8. The molecule has 1 aliphatic heterocycles. The van der Waals surface area contributed by atoms with Gasteiger partial charge in [0.05, 0.1) is 30.6 Å². The van der Waals surface area contributed by atoms with Crippen molar-refractivity contribution in [3.8, 4) is 0 Å². The third kappa shape index (κ3) is 2.36. The van der Waals surface area contributed by atoms with E-state index in [0.717, 1.165) is 25.5 Å². The number of carboxylic acid groups (broad SMARTS) is 1. The van der Waals surface area contributed by atoms with Gasteiger partial charge in [-0.2, -0.15) is 0 Å². The Morgan fingerprint density at radius 2 is 2.00 bits per heavy atom. The van der Waals surface area contributed by atoms with Crippen LogP contribution in [0.2, 0.25) is 0 Å². The van der Waals surface area contributed by atoms with Crippen LogP contribution in [0.25, 0.3) is 0 Å². The lowest BCUT2D eigenvalue weighted by Crippen LogP contribution is -2.39. The molecule has 3 rings (SSSR count). The van der Waals surface area contributed by atoms with E-state index in [1.54, 1.807) is 0 Å². The van der Waals surface area contributed by atoms with E-state index in [0.29, 0.717) is 6.61 Å². The van der Waals surface area contributed by atoms with Gasteiger partial charge >= 0.3 is 5.97 Å². The molecule has 2 aliphatic rings. The van der Waals surface area contributed by atoms with E-state index in [9.17, 15) is 9.59 Å². The maximum atomic E-state index is 12.0. The summed E-state index contributed by atoms with van der Waals surface area (Å²) in [4.78, 5) is 30.1. The standard InChI is InChI=1S/C13H15N3O4/c17-11(9-5-15-10(6-14-9)12(18)19)16-8-4-13(20-7-8)2-1-3-13/h5-6,8H,1-4,7H2,(H,16,17)(H,18,19). The molecule has 20 heavy (non-hydrogen) atoms. The number of amides is 1. The van der Waals surface area contributed by atoms with Crippen LogP contribution in [0.3, 0.4) is 0 Å². The van der Waals surface area contributed by atoms with E-state index in [1.807, 2.05) is 0 Å². The second-order valence-electron chi connectivity index (χ2n) is 5.31. The molecule has 2 fully saturated rings. The van der Waals surface area contributed by atoms with Crippen molar-refractivity contribution < 1.29 is 19.4 Å². The van der Waals surface area contributed by atoms with Crippen LogP contribution in [0.5, 0.6) is 0 Å². The van der Waals surface area contributed by atoms with Crippen molar-refractivity contribution in [1.82, 2.24) is 15.3 Å². The zero-order valence-corrected chi connectivity index (χ0v) is 10.8. The molecular weight excluding hydrogens is 262 g/mol. The van der Waals surface area contributed by atoms with Crippen molar-refractivity contribution in [2.45, 2.75) is 37.3 Å². The minimum absolute atomic E-state index is 0.0104. The number of carboxylic acids is 1. The molecule has 1 spiro atoms. The van der Waals surface area contributed by atoms with Gasteiger partial charge in [-0.3, -0.25) is 4.79 Å². The average Bonchev–Trinajstić information content (AvgIpc) is 2.83. The summed E-state index contributed by atoms with van der Waals surface area (Å²) < 4.78 is 5.75. The number of carbonyl (C=O) groups is 2. The fourth-order valence-corrected chi connectivity index (χ4v) is 2.67. The van der Waals surface area contributed by atoms with E-state index in [4.69, 9.17) is 9.84 Å². The first kappa shape index (κ1) is 13.0. The number of aromatic carboxylic acids is 1. The predicted molar refractivity (Wildman–Crippen MR) is 67.4 cm³/mol. The molecule has 1 atom stereocenters. The van der Waals surface area contributed by atoms with Gasteiger partial charge in [-0.25, -0.2) is 14.8 Å². The Labute approximate surface area is 115 Å². The van der Waals surface area contributed by atoms with Gasteiger partial charge in [-0.1, -0.05) is 0 Å². The first-order valence-electron chi connectivity index (χ1n) is 6.58. The number of nitrogens with one attached hydrogen (secondary N) is 1. The Kier molecular flexibility index (Phi) is 3.13. The highest BCUT2D eigenvalue weighted by molar-refractivity contribution is 5.92. The minimum Gasteiger partial charge on any atom is -0.476 e. The maximum Gasteiger partial charge on any atom is 0.356 e. The van der Waals surface area contributed by atoms with Crippen molar-refractivity contribution in [2.24, 2.45) is 0 Å². The SMILES string of the molecule is O=C(O)c1cnc(C(=O)NC2COC3(CCC3)C2)cn1. The maximum absolute atomic E-state index is 12.0. The number of hydrogen-bond donors (Lipinski definition) is 2. The number of hydrogen-bond acceptors (Lipinski definition) is 5. The van der Waals surface area contributed by atoms with Gasteiger partial charge in [0.25, 0.3) is 5.91 Å². The van der Waals surface area contributed by atoms with Gasteiger partial charge in [0.15, 0.2) is 5.69 Å². The second-order valence-corrected chi connectivity index (χ2v) is 5.31. The highest BCUT2D eigenvalue weighted by Gasteiger charge is 2.45. The first-order valence-corrected chi connectivity index (χ1v) is 6.58. The average molecular weight is 277 g/mol. The van der Waals surface area contributed by atoms with E-state index in [2.05, 4.69) is 15.3 Å². The molecule has 1 aromatic rings. The van der Waals surface area contributed by atoms with Crippen LogP contribution < -0.4 is 5.32 Å². The summed E-state index contributed by atoms with van der Waals surface area (Å²) >= 11 is 0. The Hall–Kier alpha value is -2.02. The zero-order chi connectivity index (χ0) is 14.2. The van der Waals surface area contributed by atoms with E-state index < -0.39 is 5.97 Å². The molecule has 7 heteroatoms. The molecule has 1 saturated carbocycles. The van der Waals surface area contributed by atoms with Crippen LogP contribution in [0.1, 0.15) is 46.7 Å². The normalized spacial score (nSPS) is 23.3. The monoisotopic (exact) mass is 277 g/mol. The molecule has 2 heterocycles. The molecule has 1 unspecified atom stereocenters. The lowest BCUT2D eigenvalue weighted by atomic mass is 9.77.